The van der Waals surface area contributed by atoms with Crippen molar-refractivity contribution in [2.24, 2.45) is 5.14 Å². The molecule has 92 valence electrons. The number of aromatic nitrogens is 1. The summed E-state index contributed by atoms with van der Waals surface area (Å²) < 4.78 is 22.3. The number of nitrogen functional groups attached to an aromatic ring is 1. The number of pyridine rings is 1. The highest BCUT2D eigenvalue weighted by Crippen LogP contribution is 2.23. The molecule has 0 aromatic carbocycles. The van der Waals surface area contributed by atoms with Crippen LogP contribution in [0.2, 0.25) is 0 Å². The normalized spacial score (nSPS) is 20.9. The predicted molar refractivity (Wildman–Crippen MR) is 62.5 cm³/mol. The molecular formula is C9H12N4O3S. The van der Waals surface area contributed by atoms with E-state index in [4.69, 9.17) is 10.9 Å². The zero-order valence-electron chi connectivity index (χ0n) is 8.91. The number of carbonyl (C=O) groups is 1. The highest BCUT2D eigenvalue weighted by Gasteiger charge is 2.37. The van der Waals surface area contributed by atoms with Gasteiger partial charge in [-0.3, -0.25) is 4.79 Å². The molecule has 0 saturated carbocycles. The summed E-state index contributed by atoms with van der Waals surface area (Å²) >= 11 is 0. The van der Waals surface area contributed by atoms with Crippen LogP contribution < -0.4 is 15.8 Å². The number of primary sulfonamides is 1. The largest absolute Gasteiger partial charge is 0.384 e. The lowest BCUT2D eigenvalue weighted by atomic mass is 10.3. The van der Waals surface area contributed by atoms with Gasteiger partial charge < -0.3 is 10.6 Å². The minimum atomic E-state index is -3.69. The SMILES string of the molecule is Nc1ccc(N2CC(S(N)(=O)=O)CC2=O)cn1. The summed E-state index contributed by atoms with van der Waals surface area (Å²) in [4.78, 5) is 16.9. The topological polar surface area (TPSA) is 119 Å². The number of amides is 1. The smallest absolute Gasteiger partial charge is 0.228 e. The monoisotopic (exact) mass is 256 g/mol. The average Bonchev–Trinajstić information content (AvgIpc) is 2.61. The van der Waals surface area contributed by atoms with E-state index in [1.165, 1.54) is 11.1 Å². The van der Waals surface area contributed by atoms with Crippen LogP contribution in [0.15, 0.2) is 18.3 Å². The fraction of sp³-hybridized carbons (Fsp3) is 0.333. The molecule has 1 saturated heterocycles. The number of carbonyl (C=O) groups excluding carboxylic acids is 1. The predicted octanol–water partition coefficient (Wildman–Crippen LogP) is -0.942. The number of hydrogen-bond donors (Lipinski definition) is 2. The number of nitrogens with zero attached hydrogens (tertiary/aromatic N) is 2. The van der Waals surface area contributed by atoms with Gasteiger partial charge in [-0.1, -0.05) is 0 Å². The van der Waals surface area contributed by atoms with Crippen LogP contribution >= 0.6 is 0 Å². The number of rotatable bonds is 2. The molecule has 8 heteroatoms. The van der Waals surface area contributed by atoms with Gasteiger partial charge in [-0.25, -0.2) is 18.5 Å². The molecule has 0 spiro atoms. The molecule has 1 amide bonds. The van der Waals surface area contributed by atoms with Crippen LogP contribution in [-0.2, 0) is 14.8 Å². The van der Waals surface area contributed by atoms with Crippen molar-refractivity contribution in [1.82, 2.24) is 4.98 Å². The van der Waals surface area contributed by atoms with Crippen LogP contribution in [0.1, 0.15) is 6.42 Å². The molecule has 1 fully saturated rings. The second-order valence-corrected chi connectivity index (χ2v) is 5.71. The molecule has 0 radical (unpaired) electrons. The van der Waals surface area contributed by atoms with Crippen molar-refractivity contribution in [3.63, 3.8) is 0 Å². The van der Waals surface area contributed by atoms with Crippen LogP contribution in [0.25, 0.3) is 0 Å². The molecule has 1 aliphatic rings. The first-order valence-electron chi connectivity index (χ1n) is 4.91. The molecular weight excluding hydrogens is 244 g/mol. The Labute approximate surface area is 98.5 Å². The number of nitrogens with two attached hydrogens (primary N) is 2. The lowest BCUT2D eigenvalue weighted by Crippen LogP contribution is -2.32. The van der Waals surface area contributed by atoms with E-state index in [2.05, 4.69) is 4.98 Å². The van der Waals surface area contributed by atoms with E-state index < -0.39 is 15.3 Å². The number of sulfonamides is 1. The van der Waals surface area contributed by atoms with Crippen LogP contribution in [0.3, 0.4) is 0 Å². The van der Waals surface area contributed by atoms with Gasteiger partial charge in [-0.15, -0.1) is 0 Å². The Kier molecular flexibility index (Phi) is 2.76. The lowest BCUT2D eigenvalue weighted by Gasteiger charge is -2.15. The van der Waals surface area contributed by atoms with Crippen molar-refractivity contribution >= 4 is 27.4 Å². The van der Waals surface area contributed by atoms with Crippen molar-refractivity contribution in [2.75, 3.05) is 17.2 Å². The Balaban J connectivity index is 2.24. The molecule has 2 heterocycles. The first-order chi connectivity index (χ1) is 7.88. The average molecular weight is 256 g/mol. The molecule has 7 nitrogen and oxygen atoms in total. The summed E-state index contributed by atoms with van der Waals surface area (Å²) in [7, 11) is -3.69. The van der Waals surface area contributed by atoms with Gasteiger partial charge in [0.15, 0.2) is 0 Å². The molecule has 1 aromatic heterocycles. The molecule has 17 heavy (non-hydrogen) atoms. The van der Waals surface area contributed by atoms with E-state index in [1.807, 2.05) is 0 Å². The summed E-state index contributed by atoms with van der Waals surface area (Å²) in [5.74, 6) is 0.0546. The standard InChI is InChI=1S/C9H12N4O3S/c10-8-2-1-6(4-12-8)13-5-7(3-9(13)14)17(11,15)16/h1-2,4,7H,3,5H2,(H2,10,12)(H2,11,15,16). The van der Waals surface area contributed by atoms with Gasteiger partial charge in [0.25, 0.3) is 0 Å². The first kappa shape index (κ1) is 11.8. The molecule has 4 N–H and O–H groups in total. The van der Waals surface area contributed by atoms with E-state index >= 15 is 0 Å². The van der Waals surface area contributed by atoms with E-state index in [1.54, 1.807) is 12.1 Å². The van der Waals surface area contributed by atoms with E-state index in [0.717, 1.165) is 0 Å². The fourth-order valence-electron chi connectivity index (χ4n) is 1.70. The Hall–Kier alpha value is -1.67. The van der Waals surface area contributed by atoms with Crippen molar-refractivity contribution in [2.45, 2.75) is 11.7 Å². The molecule has 1 atom stereocenters. The molecule has 1 aromatic rings. The second kappa shape index (κ2) is 3.97. The third-order valence-corrected chi connectivity index (χ3v) is 3.88. The van der Waals surface area contributed by atoms with Crippen molar-refractivity contribution in [1.29, 1.82) is 0 Å². The summed E-state index contributed by atoms with van der Waals surface area (Å²) in [6.45, 7) is 0.0588. The quantitative estimate of drug-likeness (QED) is 0.707. The zero-order valence-corrected chi connectivity index (χ0v) is 9.72. The van der Waals surface area contributed by atoms with Crippen molar-refractivity contribution in [3.8, 4) is 0 Å². The van der Waals surface area contributed by atoms with Crippen LogP contribution in [0.5, 0.6) is 0 Å². The van der Waals surface area contributed by atoms with Gasteiger partial charge in [0, 0.05) is 13.0 Å². The summed E-state index contributed by atoms with van der Waals surface area (Å²) in [6, 6.07) is 3.17. The molecule has 0 bridgehead atoms. The Morgan fingerprint density at radius 1 is 1.41 bits per heavy atom. The molecule has 0 aliphatic carbocycles. The Morgan fingerprint density at radius 3 is 2.59 bits per heavy atom. The minimum Gasteiger partial charge on any atom is -0.384 e. The Bertz CT molecular complexity index is 540. The number of hydrogen-bond acceptors (Lipinski definition) is 5. The van der Waals surface area contributed by atoms with Crippen LogP contribution in [0.4, 0.5) is 11.5 Å². The zero-order chi connectivity index (χ0) is 12.6. The maximum absolute atomic E-state index is 11.7. The summed E-state index contributed by atoms with van der Waals surface area (Å²) in [6.07, 6.45) is 1.34. The maximum Gasteiger partial charge on any atom is 0.228 e. The summed E-state index contributed by atoms with van der Waals surface area (Å²) in [5.41, 5.74) is 5.95. The Morgan fingerprint density at radius 2 is 2.12 bits per heavy atom. The third kappa shape index (κ3) is 2.37. The summed E-state index contributed by atoms with van der Waals surface area (Å²) in [5, 5.41) is 4.17. The minimum absolute atomic E-state index is 0.0588. The maximum atomic E-state index is 11.7. The lowest BCUT2D eigenvalue weighted by molar-refractivity contribution is -0.117. The third-order valence-electron chi connectivity index (χ3n) is 2.64. The molecule has 1 unspecified atom stereocenters. The molecule has 2 rings (SSSR count). The number of anilines is 2. The van der Waals surface area contributed by atoms with Gasteiger partial charge in [0.2, 0.25) is 15.9 Å². The van der Waals surface area contributed by atoms with Crippen molar-refractivity contribution < 1.29 is 13.2 Å². The van der Waals surface area contributed by atoms with Crippen LogP contribution in [0, 0.1) is 0 Å². The van der Waals surface area contributed by atoms with Gasteiger partial charge in [0.05, 0.1) is 11.9 Å². The fourth-order valence-corrected chi connectivity index (χ4v) is 2.43. The van der Waals surface area contributed by atoms with Gasteiger partial charge in [0.1, 0.15) is 11.1 Å². The van der Waals surface area contributed by atoms with Gasteiger partial charge in [-0.05, 0) is 12.1 Å². The van der Waals surface area contributed by atoms with Gasteiger partial charge >= 0.3 is 0 Å². The molecule has 1 aliphatic heterocycles. The van der Waals surface area contributed by atoms with Gasteiger partial charge in [-0.2, -0.15) is 0 Å². The second-order valence-electron chi connectivity index (χ2n) is 3.86. The highest BCUT2D eigenvalue weighted by atomic mass is 32.2. The first-order valence-corrected chi connectivity index (χ1v) is 6.52. The van der Waals surface area contributed by atoms with E-state index in [0.29, 0.717) is 11.5 Å². The van der Waals surface area contributed by atoms with Crippen molar-refractivity contribution in [3.05, 3.63) is 18.3 Å². The highest BCUT2D eigenvalue weighted by molar-refractivity contribution is 7.89. The van der Waals surface area contributed by atoms with E-state index in [-0.39, 0.29) is 18.9 Å². The van der Waals surface area contributed by atoms with Crippen LogP contribution in [-0.4, -0.2) is 31.1 Å². The van der Waals surface area contributed by atoms with E-state index in [9.17, 15) is 13.2 Å².